The lowest BCUT2D eigenvalue weighted by atomic mass is 10.0. The molecule has 0 aliphatic rings. The van der Waals surface area contributed by atoms with Gasteiger partial charge in [-0.15, -0.1) is 0 Å². The van der Waals surface area contributed by atoms with Gasteiger partial charge in [-0.25, -0.2) is 0 Å². The molecule has 0 aromatic heterocycles. The number of carbonyl (C=O) groups excluding carboxylic acids is 3. The molecule has 0 spiro atoms. The fraction of sp³-hybridized carbons (Fsp3) is 0.792. The number of carbonyl (C=O) groups is 3. The average Bonchev–Trinajstić information content (AvgIpc) is 3.23. The second-order valence-electron chi connectivity index (χ2n) is 16.7. The van der Waals surface area contributed by atoms with Crippen molar-refractivity contribution in [1.29, 1.82) is 0 Å². The van der Waals surface area contributed by atoms with Crippen LogP contribution >= 0.6 is 0 Å². The summed E-state index contributed by atoms with van der Waals surface area (Å²) in [5.41, 5.74) is 0. The van der Waals surface area contributed by atoms with Crippen LogP contribution in [0.4, 0.5) is 0 Å². The van der Waals surface area contributed by atoms with Crippen LogP contribution in [0.15, 0.2) is 48.6 Å². The Morgan fingerprint density at radius 3 is 1.03 bits per heavy atom. The fourth-order valence-corrected chi connectivity index (χ4v) is 7.08. The molecule has 6 nitrogen and oxygen atoms in total. The Morgan fingerprint density at radius 1 is 0.356 bits per heavy atom. The molecule has 0 N–H and O–H groups in total. The van der Waals surface area contributed by atoms with Gasteiger partial charge in [0.2, 0.25) is 0 Å². The lowest BCUT2D eigenvalue weighted by Crippen LogP contribution is -2.30. The van der Waals surface area contributed by atoms with Gasteiger partial charge >= 0.3 is 17.9 Å². The van der Waals surface area contributed by atoms with Crippen LogP contribution in [0, 0.1) is 0 Å². The van der Waals surface area contributed by atoms with Crippen LogP contribution in [0.5, 0.6) is 0 Å². The van der Waals surface area contributed by atoms with Gasteiger partial charge < -0.3 is 14.2 Å². The second-order valence-corrected chi connectivity index (χ2v) is 16.7. The van der Waals surface area contributed by atoms with Crippen LogP contribution in [0.3, 0.4) is 0 Å². The van der Waals surface area contributed by atoms with Crippen molar-refractivity contribution in [3.05, 3.63) is 48.6 Å². The van der Waals surface area contributed by atoms with Gasteiger partial charge in [-0.3, -0.25) is 14.4 Å². The molecule has 0 rings (SSSR count). The van der Waals surface area contributed by atoms with Gasteiger partial charge in [0.25, 0.3) is 0 Å². The minimum absolute atomic E-state index is 0.0753. The van der Waals surface area contributed by atoms with E-state index in [2.05, 4.69) is 69.4 Å². The van der Waals surface area contributed by atoms with Crippen LogP contribution in [0.25, 0.3) is 0 Å². The third-order valence-electron chi connectivity index (χ3n) is 10.8. The second kappa shape index (κ2) is 48.0. The van der Waals surface area contributed by atoms with Gasteiger partial charge in [0.05, 0.1) is 0 Å². The maximum absolute atomic E-state index is 12.7. The minimum Gasteiger partial charge on any atom is -0.462 e. The van der Waals surface area contributed by atoms with Crippen molar-refractivity contribution in [2.24, 2.45) is 0 Å². The minimum atomic E-state index is -0.772. The zero-order chi connectivity index (χ0) is 43.0. The first-order chi connectivity index (χ1) is 29.0. The Kier molecular flexibility index (Phi) is 45.9. The van der Waals surface area contributed by atoms with E-state index in [9.17, 15) is 14.4 Å². The number of unbranched alkanes of at least 4 members (excludes halogenated alkanes) is 26. The molecule has 0 saturated heterocycles. The van der Waals surface area contributed by atoms with Crippen molar-refractivity contribution in [2.45, 2.75) is 258 Å². The maximum Gasteiger partial charge on any atom is 0.306 e. The number of rotatable bonds is 45. The molecule has 0 radical (unpaired) electrons. The van der Waals surface area contributed by atoms with Crippen molar-refractivity contribution in [3.63, 3.8) is 0 Å². The van der Waals surface area contributed by atoms with Crippen molar-refractivity contribution in [1.82, 2.24) is 0 Å². The van der Waals surface area contributed by atoms with E-state index in [1.54, 1.807) is 0 Å². The van der Waals surface area contributed by atoms with E-state index in [1.807, 2.05) is 0 Å². The lowest BCUT2D eigenvalue weighted by molar-refractivity contribution is -0.167. The summed E-state index contributed by atoms with van der Waals surface area (Å²) in [5, 5.41) is 0. The van der Waals surface area contributed by atoms with E-state index in [1.165, 1.54) is 122 Å². The number of allylic oxidation sites excluding steroid dienone is 8. The highest BCUT2D eigenvalue weighted by Crippen LogP contribution is 2.15. The van der Waals surface area contributed by atoms with Gasteiger partial charge in [0.15, 0.2) is 6.10 Å². The normalized spacial score (nSPS) is 12.4. The molecule has 0 aliphatic carbocycles. The Labute approximate surface area is 365 Å². The fourth-order valence-electron chi connectivity index (χ4n) is 7.08. The van der Waals surface area contributed by atoms with E-state index in [0.717, 1.165) is 89.9 Å². The molecule has 0 amide bonds. The van der Waals surface area contributed by atoms with E-state index in [4.69, 9.17) is 14.2 Å². The first-order valence-electron chi connectivity index (χ1n) is 25.1. The Bertz CT molecular complexity index is 1040. The molecule has 0 bridgehead atoms. The van der Waals surface area contributed by atoms with Crippen LogP contribution < -0.4 is 0 Å². The smallest absolute Gasteiger partial charge is 0.306 e. The van der Waals surface area contributed by atoms with Gasteiger partial charge in [-0.1, -0.05) is 223 Å². The number of hydrogen-bond acceptors (Lipinski definition) is 6. The molecular weight excluding hydrogens is 733 g/mol. The third-order valence-corrected chi connectivity index (χ3v) is 10.8. The summed E-state index contributed by atoms with van der Waals surface area (Å²) in [6.45, 7) is 6.48. The largest absolute Gasteiger partial charge is 0.462 e. The summed E-state index contributed by atoms with van der Waals surface area (Å²) < 4.78 is 16.7. The lowest BCUT2D eigenvalue weighted by Gasteiger charge is -2.18. The van der Waals surface area contributed by atoms with Crippen molar-refractivity contribution >= 4 is 17.9 Å². The van der Waals surface area contributed by atoms with Gasteiger partial charge in [-0.2, -0.15) is 0 Å². The molecule has 0 heterocycles. The average molecular weight is 827 g/mol. The highest BCUT2D eigenvalue weighted by Gasteiger charge is 2.19. The zero-order valence-electron chi connectivity index (χ0n) is 39.0. The van der Waals surface area contributed by atoms with Crippen LogP contribution in [-0.2, 0) is 28.6 Å². The molecular formula is C53H94O6. The Morgan fingerprint density at radius 2 is 0.661 bits per heavy atom. The highest BCUT2D eigenvalue weighted by molar-refractivity contribution is 5.71. The van der Waals surface area contributed by atoms with Crippen LogP contribution in [0.1, 0.15) is 252 Å². The monoisotopic (exact) mass is 827 g/mol. The first-order valence-corrected chi connectivity index (χ1v) is 25.1. The summed E-state index contributed by atoms with van der Waals surface area (Å²) in [6, 6.07) is 0. The van der Waals surface area contributed by atoms with E-state index >= 15 is 0 Å². The molecule has 6 heteroatoms. The van der Waals surface area contributed by atoms with Crippen molar-refractivity contribution in [3.8, 4) is 0 Å². The van der Waals surface area contributed by atoms with Gasteiger partial charge in [0, 0.05) is 19.3 Å². The zero-order valence-corrected chi connectivity index (χ0v) is 39.0. The molecule has 0 saturated carbocycles. The van der Waals surface area contributed by atoms with Gasteiger partial charge in [-0.05, 0) is 57.8 Å². The quantitative estimate of drug-likeness (QED) is 0.0263. The Balaban J connectivity index is 4.27. The Hall–Kier alpha value is -2.63. The summed E-state index contributed by atoms with van der Waals surface area (Å²) >= 11 is 0. The SMILES string of the molecule is CC/C=C\C/C=C\C/C=C\C/C=C\CCCCCCCCC(=O)OCC(COC(=O)CCCCCCCCC)OC(=O)CCCCCCCCCCCCCCCCC. The molecule has 0 aromatic rings. The standard InChI is InChI=1S/C53H94O6/c1-4-7-10-13-16-18-20-22-24-25-26-27-29-30-32-34-37-40-43-46-52(55)58-49-50(48-57-51(54)45-42-39-36-15-12-9-6-3)59-53(56)47-44-41-38-35-33-31-28-23-21-19-17-14-11-8-5-2/h7,10,16,18,22,24,26-27,50H,4-6,8-9,11-15,17,19-21,23,25,28-49H2,1-3H3/b10-7-,18-16-,24-22-,27-26-. The number of hydrogen-bond donors (Lipinski definition) is 0. The molecule has 1 unspecified atom stereocenters. The maximum atomic E-state index is 12.7. The predicted octanol–water partition coefficient (Wildman–Crippen LogP) is 16.3. The van der Waals surface area contributed by atoms with Crippen molar-refractivity contribution in [2.75, 3.05) is 13.2 Å². The summed E-state index contributed by atoms with van der Waals surface area (Å²) in [7, 11) is 0. The number of ether oxygens (including phenoxy) is 3. The first kappa shape index (κ1) is 56.4. The van der Waals surface area contributed by atoms with Crippen LogP contribution in [-0.4, -0.2) is 37.2 Å². The summed E-state index contributed by atoms with van der Waals surface area (Å²) in [6.07, 6.45) is 56.8. The molecule has 0 fully saturated rings. The summed E-state index contributed by atoms with van der Waals surface area (Å²) in [4.78, 5) is 37.8. The molecule has 342 valence electrons. The highest BCUT2D eigenvalue weighted by atomic mass is 16.6. The molecule has 0 aromatic carbocycles. The van der Waals surface area contributed by atoms with Crippen LogP contribution in [0.2, 0.25) is 0 Å². The number of esters is 3. The summed E-state index contributed by atoms with van der Waals surface area (Å²) in [5.74, 6) is -0.889. The molecule has 59 heavy (non-hydrogen) atoms. The third kappa shape index (κ3) is 46.3. The molecule has 1 atom stereocenters. The van der Waals surface area contributed by atoms with E-state index in [0.29, 0.717) is 19.3 Å². The van der Waals surface area contributed by atoms with E-state index in [-0.39, 0.29) is 31.1 Å². The molecule has 0 aliphatic heterocycles. The van der Waals surface area contributed by atoms with Crippen molar-refractivity contribution < 1.29 is 28.6 Å². The van der Waals surface area contributed by atoms with Gasteiger partial charge in [0.1, 0.15) is 13.2 Å². The van der Waals surface area contributed by atoms with E-state index < -0.39 is 6.10 Å². The topological polar surface area (TPSA) is 78.9 Å². The predicted molar refractivity (Wildman–Crippen MR) is 252 cm³/mol.